The van der Waals surface area contributed by atoms with E-state index < -0.39 is 9.28 Å². The van der Waals surface area contributed by atoms with Crippen molar-refractivity contribution >= 4 is 9.28 Å². The Morgan fingerprint density at radius 3 is 1.70 bits per heavy atom. The van der Waals surface area contributed by atoms with Gasteiger partial charge in [-0.3, -0.25) is 0 Å². The first-order chi connectivity index (χ1) is 13.3. The molecule has 0 aromatic heterocycles. The summed E-state index contributed by atoms with van der Waals surface area (Å²) in [6, 6.07) is 11.0. The van der Waals surface area contributed by atoms with Crippen LogP contribution in [0.5, 0.6) is 0 Å². The topological polar surface area (TPSA) is 18.5 Å². The molecule has 0 bridgehead atoms. The van der Waals surface area contributed by atoms with Gasteiger partial charge in [0.1, 0.15) is 0 Å². The summed E-state index contributed by atoms with van der Waals surface area (Å²) < 4.78 is 12.5. The van der Waals surface area contributed by atoms with E-state index in [2.05, 4.69) is 51.1 Å². The van der Waals surface area contributed by atoms with Crippen LogP contribution in [0.2, 0.25) is 0 Å². The van der Waals surface area contributed by atoms with Gasteiger partial charge in [0.2, 0.25) is 0 Å². The van der Waals surface area contributed by atoms with E-state index in [9.17, 15) is 0 Å². The maximum atomic E-state index is 6.26. The van der Waals surface area contributed by atoms with Crippen molar-refractivity contribution in [3.63, 3.8) is 0 Å². The number of hydrogen-bond acceptors (Lipinski definition) is 2. The Balaban J connectivity index is 2.46. The van der Waals surface area contributed by atoms with Gasteiger partial charge < -0.3 is 8.85 Å². The Morgan fingerprint density at radius 2 is 1.19 bits per heavy atom. The smallest absolute Gasteiger partial charge is 0.329 e. The van der Waals surface area contributed by atoms with Gasteiger partial charge >= 0.3 is 9.28 Å². The second-order valence-corrected chi connectivity index (χ2v) is 9.95. The molecule has 1 rings (SSSR count). The Labute approximate surface area is 170 Å². The van der Waals surface area contributed by atoms with Crippen LogP contribution in [0, 0.1) is 0 Å². The molecule has 1 unspecified atom stereocenters. The minimum Gasteiger partial charge on any atom is -0.396 e. The molecule has 0 aliphatic heterocycles. The molecule has 0 spiro atoms. The lowest BCUT2D eigenvalue weighted by Crippen LogP contribution is -2.32. The molecule has 2 nitrogen and oxygen atoms in total. The highest BCUT2D eigenvalue weighted by molar-refractivity contribution is 6.46. The fourth-order valence-corrected chi connectivity index (χ4v) is 6.12. The van der Waals surface area contributed by atoms with E-state index >= 15 is 0 Å². The largest absolute Gasteiger partial charge is 0.396 e. The molecule has 0 fully saturated rings. The van der Waals surface area contributed by atoms with Crippen molar-refractivity contribution in [3.05, 3.63) is 35.9 Å². The first kappa shape index (κ1) is 24.4. The van der Waals surface area contributed by atoms with Crippen LogP contribution in [-0.2, 0) is 8.85 Å². The Bertz CT molecular complexity index is 416. The summed E-state index contributed by atoms with van der Waals surface area (Å²) in [6.45, 7) is 8.32. The summed E-state index contributed by atoms with van der Waals surface area (Å²) in [7, 11) is -1.69. The minimum absolute atomic E-state index is 0.480. The fourth-order valence-electron chi connectivity index (χ4n) is 3.58. The van der Waals surface area contributed by atoms with E-state index in [0.717, 1.165) is 26.1 Å². The maximum Gasteiger partial charge on any atom is 0.329 e. The second kappa shape index (κ2) is 17.5. The van der Waals surface area contributed by atoms with Gasteiger partial charge in [0, 0.05) is 18.8 Å². The average molecular weight is 393 g/mol. The Hall–Kier alpha value is -0.643. The third kappa shape index (κ3) is 11.7. The van der Waals surface area contributed by atoms with Gasteiger partial charge in [-0.25, -0.2) is 0 Å². The van der Waals surface area contributed by atoms with E-state index in [0.29, 0.717) is 5.54 Å². The molecule has 156 valence electrons. The van der Waals surface area contributed by atoms with Gasteiger partial charge in [-0.05, 0) is 24.8 Å². The molecule has 1 aromatic rings. The molecule has 0 heterocycles. The molecule has 0 aliphatic rings. The Kier molecular flexibility index (Phi) is 15.8. The van der Waals surface area contributed by atoms with Crippen LogP contribution in [0.3, 0.4) is 0 Å². The number of unbranched alkanes of at least 4 members (excludes halogenated alkanes) is 8. The van der Waals surface area contributed by atoms with E-state index in [-0.39, 0.29) is 0 Å². The van der Waals surface area contributed by atoms with Crippen LogP contribution in [0.15, 0.2) is 30.3 Å². The zero-order chi connectivity index (χ0) is 19.6. The normalized spacial score (nSPS) is 12.6. The van der Waals surface area contributed by atoms with Crippen LogP contribution in [0.4, 0.5) is 0 Å². The molecule has 0 aliphatic carbocycles. The maximum absolute atomic E-state index is 6.26. The quantitative estimate of drug-likeness (QED) is 0.193. The van der Waals surface area contributed by atoms with Gasteiger partial charge in [0.25, 0.3) is 0 Å². The van der Waals surface area contributed by atoms with Gasteiger partial charge in [0.05, 0.1) is 0 Å². The van der Waals surface area contributed by atoms with Crippen molar-refractivity contribution in [3.8, 4) is 0 Å². The molecular formula is C24H44O2Si. The molecule has 0 saturated carbocycles. The molecule has 1 atom stereocenters. The van der Waals surface area contributed by atoms with Crippen molar-refractivity contribution in [1.29, 1.82) is 0 Å². The van der Waals surface area contributed by atoms with E-state index in [1.165, 1.54) is 69.8 Å². The molecule has 0 amide bonds. The van der Waals surface area contributed by atoms with E-state index in [1.54, 1.807) is 0 Å². The summed E-state index contributed by atoms with van der Waals surface area (Å²) in [5.74, 6) is 0. The molecule has 0 N–H and O–H groups in total. The van der Waals surface area contributed by atoms with Crippen molar-refractivity contribution < 1.29 is 8.85 Å². The lowest BCUT2D eigenvalue weighted by atomic mass is 10.0. The summed E-state index contributed by atoms with van der Waals surface area (Å²) >= 11 is 0. The molecule has 27 heavy (non-hydrogen) atoms. The molecule has 3 heteroatoms. The molecule has 0 saturated heterocycles. The van der Waals surface area contributed by atoms with Crippen LogP contribution in [0.25, 0.3) is 0 Å². The molecule has 0 radical (unpaired) electrons. The third-order valence-corrected chi connectivity index (χ3v) is 7.65. The highest BCUT2D eigenvalue weighted by Gasteiger charge is 2.27. The van der Waals surface area contributed by atoms with Crippen LogP contribution in [-0.4, -0.2) is 22.5 Å². The van der Waals surface area contributed by atoms with Gasteiger partial charge in [0.15, 0.2) is 0 Å². The summed E-state index contributed by atoms with van der Waals surface area (Å²) in [4.78, 5) is 0. The SMILES string of the molecule is CCCCCCCCCCCC(c1ccccc1)[SiH](OCCC)OCCC. The summed E-state index contributed by atoms with van der Waals surface area (Å²) in [5, 5.41) is 0. The highest BCUT2D eigenvalue weighted by Crippen LogP contribution is 2.27. The lowest BCUT2D eigenvalue weighted by Gasteiger charge is -2.26. The van der Waals surface area contributed by atoms with Crippen LogP contribution >= 0.6 is 0 Å². The fraction of sp³-hybridized carbons (Fsp3) is 0.750. The zero-order valence-corrected chi connectivity index (χ0v) is 19.4. The lowest BCUT2D eigenvalue weighted by molar-refractivity contribution is 0.186. The minimum atomic E-state index is -1.69. The van der Waals surface area contributed by atoms with E-state index in [1.807, 2.05) is 0 Å². The molecule has 1 aromatic carbocycles. The summed E-state index contributed by atoms with van der Waals surface area (Å²) in [5.41, 5.74) is 1.90. The zero-order valence-electron chi connectivity index (χ0n) is 18.3. The Morgan fingerprint density at radius 1 is 0.667 bits per heavy atom. The van der Waals surface area contributed by atoms with Gasteiger partial charge in [-0.15, -0.1) is 0 Å². The average Bonchev–Trinajstić information content (AvgIpc) is 2.71. The van der Waals surface area contributed by atoms with Crippen molar-refractivity contribution in [1.82, 2.24) is 0 Å². The predicted octanol–water partition coefficient (Wildman–Crippen LogP) is 7.30. The first-order valence-electron chi connectivity index (χ1n) is 11.6. The van der Waals surface area contributed by atoms with Crippen LogP contribution < -0.4 is 0 Å². The molecular weight excluding hydrogens is 348 g/mol. The van der Waals surface area contributed by atoms with Crippen molar-refractivity contribution in [2.45, 2.75) is 103 Å². The first-order valence-corrected chi connectivity index (χ1v) is 13.2. The van der Waals surface area contributed by atoms with Crippen molar-refractivity contribution in [2.24, 2.45) is 0 Å². The van der Waals surface area contributed by atoms with E-state index in [4.69, 9.17) is 8.85 Å². The highest BCUT2D eigenvalue weighted by atomic mass is 28.3. The van der Waals surface area contributed by atoms with Gasteiger partial charge in [-0.2, -0.15) is 0 Å². The third-order valence-electron chi connectivity index (χ3n) is 5.15. The van der Waals surface area contributed by atoms with Gasteiger partial charge in [-0.1, -0.05) is 109 Å². The number of hydrogen-bond donors (Lipinski definition) is 0. The standard InChI is InChI=1S/C24H44O2Si/c1-4-7-8-9-10-11-12-13-17-20-24(23-18-15-14-16-19-23)27(25-21-5-2)26-22-6-3/h14-16,18-19,24,27H,4-13,17,20-22H2,1-3H3. The monoisotopic (exact) mass is 392 g/mol. The number of benzene rings is 1. The predicted molar refractivity (Wildman–Crippen MR) is 121 cm³/mol. The van der Waals surface area contributed by atoms with Crippen molar-refractivity contribution in [2.75, 3.05) is 13.2 Å². The van der Waals surface area contributed by atoms with Crippen LogP contribution in [0.1, 0.15) is 109 Å². The summed E-state index contributed by atoms with van der Waals surface area (Å²) in [6.07, 6.45) is 15.8. The number of rotatable bonds is 18. The second-order valence-electron chi connectivity index (χ2n) is 7.74.